The number of carbonyl (C=O) groups is 5. The normalized spacial score (nSPS) is 12.3. The van der Waals surface area contributed by atoms with Crippen LogP contribution in [-0.2, 0) is 0 Å². The summed E-state index contributed by atoms with van der Waals surface area (Å²) in [4.78, 5) is 65.1. The highest BCUT2D eigenvalue weighted by atomic mass is 35.5. The third kappa shape index (κ3) is 4.58. The molecule has 0 bridgehead atoms. The summed E-state index contributed by atoms with van der Waals surface area (Å²) in [5.74, 6) is -3.39. The summed E-state index contributed by atoms with van der Waals surface area (Å²) in [5.41, 5.74) is 0.393. The van der Waals surface area contributed by atoms with E-state index in [-0.39, 0.29) is 38.8 Å². The average Bonchev–Trinajstić information content (AvgIpc) is 3.55. The van der Waals surface area contributed by atoms with Gasteiger partial charge in [0.1, 0.15) is 12.3 Å². The molecule has 5 rings (SSSR count). The van der Waals surface area contributed by atoms with Crippen LogP contribution in [0.2, 0.25) is 5.02 Å². The molecule has 0 atom stereocenters. The molecule has 188 valence electrons. The minimum Gasteiger partial charge on any atom is -0.457 e. The van der Waals surface area contributed by atoms with Crippen LogP contribution in [0.3, 0.4) is 0 Å². The number of rotatable bonds is 7. The number of esters is 1. The van der Waals surface area contributed by atoms with E-state index in [2.05, 4.69) is 0 Å². The van der Waals surface area contributed by atoms with E-state index in [4.69, 9.17) is 20.8 Å². The molecular formula is C28H17ClN2O7. The lowest BCUT2D eigenvalue weighted by Crippen LogP contribution is -2.51. The monoisotopic (exact) mass is 528 g/mol. The largest absolute Gasteiger partial charge is 0.457 e. The van der Waals surface area contributed by atoms with Gasteiger partial charge in [-0.1, -0.05) is 35.9 Å². The molecule has 9 nitrogen and oxygen atoms in total. The SMILES string of the molecule is O=C(CN(C(=O)c1ccccc1Cl)N1C(=O)c2ccccc2C1=O)c1ccc(OC(=O)c2ccco2)cc1. The number of benzene rings is 3. The quantitative estimate of drug-likeness (QED) is 0.148. The van der Waals surface area contributed by atoms with E-state index in [0.29, 0.717) is 5.01 Å². The van der Waals surface area contributed by atoms with Gasteiger partial charge in [-0.3, -0.25) is 19.2 Å². The summed E-state index contributed by atoms with van der Waals surface area (Å²) in [6, 6.07) is 20.8. The van der Waals surface area contributed by atoms with Crippen molar-refractivity contribution < 1.29 is 33.1 Å². The van der Waals surface area contributed by atoms with Crippen molar-refractivity contribution in [3.05, 3.63) is 124 Å². The summed E-state index contributed by atoms with van der Waals surface area (Å²) in [7, 11) is 0. The summed E-state index contributed by atoms with van der Waals surface area (Å²) in [6.07, 6.45) is 1.34. The van der Waals surface area contributed by atoms with E-state index in [1.54, 1.807) is 30.3 Å². The van der Waals surface area contributed by atoms with Gasteiger partial charge in [0.15, 0.2) is 5.78 Å². The zero-order valence-electron chi connectivity index (χ0n) is 19.5. The van der Waals surface area contributed by atoms with E-state index in [0.717, 1.165) is 5.01 Å². The fourth-order valence-corrected chi connectivity index (χ4v) is 4.11. The van der Waals surface area contributed by atoms with Crippen molar-refractivity contribution in [2.45, 2.75) is 0 Å². The predicted octanol–water partition coefficient (Wildman–Crippen LogP) is 4.69. The fraction of sp³-hybridized carbons (Fsp3) is 0.0357. The second-order valence-electron chi connectivity index (χ2n) is 8.12. The number of hydrogen-bond donors (Lipinski definition) is 0. The van der Waals surface area contributed by atoms with Crippen LogP contribution in [0.15, 0.2) is 95.6 Å². The van der Waals surface area contributed by atoms with E-state index in [9.17, 15) is 24.0 Å². The Kier molecular flexibility index (Phi) is 6.59. The van der Waals surface area contributed by atoms with Crippen molar-refractivity contribution in [2.24, 2.45) is 0 Å². The molecule has 4 aromatic rings. The summed E-state index contributed by atoms with van der Waals surface area (Å²) in [6.45, 7) is -0.638. The Hall–Kier alpha value is -5.02. The first kappa shape index (κ1) is 24.7. The molecule has 0 N–H and O–H groups in total. The van der Waals surface area contributed by atoms with Crippen LogP contribution in [0.1, 0.15) is 52.0 Å². The lowest BCUT2D eigenvalue weighted by molar-refractivity contribution is 0.00531. The molecule has 0 unspecified atom stereocenters. The van der Waals surface area contributed by atoms with Crippen molar-refractivity contribution in [2.75, 3.05) is 6.54 Å². The number of hydrazine groups is 1. The van der Waals surface area contributed by atoms with Crippen LogP contribution in [0, 0.1) is 0 Å². The van der Waals surface area contributed by atoms with Crippen LogP contribution in [0.25, 0.3) is 0 Å². The Bertz CT molecular complexity index is 1540. The molecule has 1 aliphatic heterocycles. The minimum absolute atomic E-state index is 0.0127. The van der Waals surface area contributed by atoms with Gasteiger partial charge in [0.25, 0.3) is 17.7 Å². The van der Waals surface area contributed by atoms with E-state index in [1.807, 2.05) is 0 Å². The van der Waals surface area contributed by atoms with Gasteiger partial charge in [-0.05, 0) is 60.7 Å². The number of amides is 3. The van der Waals surface area contributed by atoms with Crippen LogP contribution in [0.5, 0.6) is 5.75 Å². The van der Waals surface area contributed by atoms with Gasteiger partial charge in [0, 0.05) is 5.56 Å². The molecule has 0 saturated carbocycles. The third-order valence-corrected chi connectivity index (χ3v) is 6.08. The van der Waals surface area contributed by atoms with Gasteiger partial charge < -0.3 is 9.15 Å². The maximum absolute atomic E-state index is 13.5. The number of furan rings is 1. The number of imide groups is 1. The van der Waals surface area contributed by atoms with Gasteiger partial charge in [0.05, 0.1) is 28.0 Å². The van der Waals surface area contributed by atoms with Crippen LogP contribution in [-0.4, -0.2) is 46.0 Å². The molecule has 0 spiro atoms. The molecule has 3 amide bonds. The first-order valence-corrected chi connectivity index (χ1v) is 11.7. The van der Waals surface area contributed by atoms with E-state index < -0.39 is 36.0 Å². The topological polar surface area (TPSA) is 114 Å². The Morgan fingerprint density at radius 3 is 2.05 bits per heavy atom. The molecule has 0 saturated heterocycles. The van der Waals surface area contributed by atoms with Crippen molar-refractivity contribution in [1.82, 2.24) is 10.0 Å². The third-order valence-electron chi connectivity index (χ3n) is 5.76. The van der Waals surface area contributed by atoms with Gasteiger partial charge in [-0.2, -0.15) is 5.01 Å². The molecule has 0 radical (unpaired) electrons. The number of ether oxygens (including phenoxy) is 1. The second-order valence-corrected chi connectivity index (χ2v) is 8.53. The smallest absolute Gasteiger partial charge is 0.379 e. The maximum atomic E-state index is 13.5. The summed E-state index contributed by atoms with van der Waals surface area (Å²) >= 11 is 6.21. The zero-order valence-corrected chi connectivity index (χ0v) is 20.3. The minimum atomic E-state index is -0.803. The van der Waals surface area contributed by atoms with Crippen LogP contribution >= 0.6 is 11.6 Å². The number of hydrogen-bond acceptors (Lipinski definition) is 7. The molecule has 3 aromatic carbocycles. The number of ketones is 1. The van der Waals surface area contributed by atoms with Gasteiger partial charge in [-0.25, -0.2) is 9.80 Å². The molecule has 0 aliphatic carbocycles. The Morgan fingerprint density at radius 2 is 1.45 bits per heavy atom. The number of Topliss-reactive ketones (excluding diaryl/α,β-unsaturated/α-hetero) is 1. The zero-order chi connectivity index (χ0) is 26.8. The highest BCUT2D eigenvalue weighted by Crippen LogP contribution is 2.27. The van der Waals surface area contributed by atoms with Crippen molar-refractivity contribution in [3.63, 3.8) is 0 Å². The first-order valence-electron chi connectivity index (χ1n) is 11.3. The molecule has 1 aliphatic rings. The molecular weight excluding hydrogens is 512 g/mol. The van der Waals surface area contributed by atoms with Crippen molar-refractivity contribution in [1.29, 1.82) is 0 Å². The Labute approximate surface area is 220 Å². The van der Waals surface area contributed by atoms with Crippen molar-refractivity contribution in [3.8, 4) is 5.75 Å². The van der Waals surface area contributed by atoms with Crippen LogP contribution < -0.4 is 4.74 Å². The Morgan fingerprint density at radius 1 is 0.816 bits per heavy atom. The molecule has 0 fully saturated rings. The van der Waals surface area contributed by atoms with E-state index >= 15 is 0 Å². The molecule has 2 heterocycles. The van der Waals surface area contributed by atoms with E-state index in [1.165, 1.54) is 60.9 Å². The first-order chi connectivity index (χ1) is 18.3. The number of halogens is 1. The number of fused-ring (bicyclic) bond motifs is 1. The predicted molar refractivity (Wildman–Crippen MR) is 134 cm³/mol. The molecule has 10 heteroatoms. The highest BCUT2D eigenvalue weighted by molar-refractivity contribution is 6.34. The second kappa shape index (κ2) is 10.2. The highest BCUT2D eigenvalue weighted by Gasteiger charge is 2.42. The average molecular weight is 529 g/mol. The number of nitrogens with zero attached hydrogens (tertiary/aromatic N) is 2. The van der Waals surface area contributed by atoms with Crippen molar-refractivity contribution >= 4 is 41.1 Å². The van der Waals surface area contributed by atoms with Gasteiger partial charge >= 0.3 is 5.97 Å². The molecule has 1 aromatic heterocycles. The lowest BCUT2D eigenvalue weighted by Gasteiger charge is -2.29. The lowest BCUT2D eigenvalue weighted by atomic mass is 10.1. The number of carbonyl (C=O) groups excluding carboxylic acids is 5. The fourth-order valence-electron chi connectivity index (χ4n) is 3.89. The summed E-state index contributed by atoms with van der Waals surface area (Å²) < 4.78 is 10.2. The summed E-state index contributed by atoms with van der Waals surface area (Å²) in [5, 5.41) is 1.54. The Balaban J connectivity index is 1.41. The molecule has 38 heavy (non-hydrogen) atoms. The van der Waals surface area contributed by atoms with Gasteiger partial charge in [0.2, 0.25) is 5.76 Å². The standard InChI is InChI=1S/C28H17ClN2O7/c29-22-9-4-3-8-21(22)25(33)30(31-26(34)19-6-1-2-7-20(19)27(31)35)16-23(32)17-11-13-18(14-12-17)38-28(36)24-10-5-15-37-24/h1-15H,16H2. The van der Waals surface area contributed by atoms with Gasteiger partial charge in [-0.15, -0.1) is 0 Å². The maximum Gasteiger partial charge on any atom is 0.379 e. The van der Waals surface area contributed by atoms with Crippen LogP contribution in [0.4, 0.5) is 0 Å².